The average molecular weight is 225 g/mol. The maximum atomic E-state index is 12.7. The van der Waals surface area contributed by atoms with Crippen molar-refractivity contribution >= 4 is 11.8 Å². The van der Waals surface area contributed by atoms with Gasteiger partial charge in [-0.2, -0.15) is 11.8 Å². The van der Waals surface area contributed by atoms with Crippen LogP contribution in [0.1, 0.15) is 18.4 Å². The van der Waals surface area contributed by atoms with Crippen LogP contribution >= 0.6 is 11.8 Å². The minimum Gasteiger partial charge on any atom is -0.316 e. The third-order valence-electron chi connectivity index (χ3n) is 2.65. The molecule has 1 atom stereocenters. The van der Waals surface area contributed by atoms with Crippen molar-refractivity contribution < 1.29 is 4.39 Å². The monoisotopic (exact) mass is 225 g/mol. The van der Waals surface area contributed by atoms with E-state index < -0.39 is 0 Å². The van der Waals surface area contributed by atoms with Crippen molar-refractivity contribution in [2.24, 2.45) is 0 Å². The highest BCUT2D eigenvalue weighted by atomic mass is 32.2. The summed E-state index contributed by atoms with van der Waals surface area (Å²) in [6.07, 6.45) is 2.58. The number of thioether (sulfide) groups is 1. The molecule has 1 aliphatic heterocycles. The molecule has 0 bridgehead atoms. The fraction of sp³-hybridized carbons (Fsp3) is 0.500. The van der Waals surface area contributed by atoms with Gasteiger partial charge in [0.25, 0.3) is 0 Å². The van der Waals surface area contributed by atoms with E-state index in [4.69, 9.17) is 0 Å². The maximum absolute atomic E-state index is 12.7. The quantitative estimate of drug-likeness (QED) is 0.849. The molecule has 1 unspecified atom stereocenters. The molecule has 0 spiro atoms. The second-order valence-electron chi connectivity index (χ2n) is 3.91. The molecular formula is C12H16FNS. The lowest BCUT2D eigenvalue weighted by Crippen LogP contribution is -2.31. The van der Waals surface area contributed by atoms with Crippen LogP contribution in [0, 0.1) is 5.82 Å². The summed E-state index contributed by atoms with van der Waals surface area (Å²) in [5.74, 6) is 0.843. The van der Waals surface area contributed by atoms with E-state index in [1.54, 1.807) is 0 Å². The Kier molecular flexibility index (Phi) is 4.03. The van der Waals surface area contributed by atoms with E-state index in [9.17, 15) is 4.39 Å². The van der Waals surface area contributed by atoms with Gasteiger partial charge in [-0.05, 0) is 37.1 Å². The van der Waals surface area contributed by atoms with Gasteiger partial charge >= 0.3 is 0 Å². The standard InChI is InChI=1S/C12H16FNS/c13-11-5-3-10(4-6-11)9-15-12-2-1-7-14-8-12/h3-6,12,14H,1-2,7-9H2. The molecule has 0 aliphatic carbocycles. The summed E-state index contributed by atoms with van der Waals surface area (Å²) in [6, 6.07) is 6.82. The first-order chi connectivity index (χ1) is 7.34. The number of rotatable bonds is 3. The molecule has 1 aromatic carbocycles. The Balaban J connectivity index is 1.79. The van der Waals surface area contributed by atoms with Crippen molar-refractivity contribution in [1.29, 1.82) is 0 Å². The first-order valence-corrected chi connectivity index (χ1v) is 6.46. The van der Waals surface area contributed by atoms with Crippen LogP contribution in [-0.4, -0.2) is 18.3 Å². The van der Waals surface area contributed by atoms with E-state index in [2.05, 4.69) is 5.32 Å². The molecule has 1 nitrogen and oxygen atoms in total. The first-order valence-electron chi connectivity index (χ1n) is 5.41. The van der Waals surface area contributed by atoms with Gasteiger partial charge in [-0.15, -0.1) is 0 Å². The van der Waals surface area contributed by atoms with E-state index in [0.29, 0.717) is 0 Å². The highest BCUT2D eigenvalue weighted by Gasteiger charge is 2.12. The summed E-state index contributed by atoms with van der Waals surface area (Å²) in [4.78, 5) is 0. The summed E-state index contributed by atoms with van der Waals surface area (Å²) in [5.41, 5.74) is 1.21. The Bertz CT molecular complexity index is 293. The molecule has 1 fully saturated rings. The molecule has 1 saturated heterocycles. The Labute approximate surface area is 94.5 Å². The predicted molar refractivity (Wildman–Crippen MR) is 63.6 cm³/mol. The predicted octanol–water partition coefficient (Wildman–Crippen LogP) is 2.81. The van der Waals surface area contributed by atoms with Crippen molar-refractivity contribution in [3.8, 4) is 0 Å². The van der Waals surface area contributed by atoms with Gasteiger partial charge in [0, 0.05) is 17.5 Å². The lowest BCUT2D eigenvalue weighted by Gasteiger charge is -2.22. The maximum Gasteiger partial charge on any atom is 0.123 e. The highest BCUT2D eigenvalue weighted by molar-refractivity contribution is 7.99. The Morgan fingerprint density at radius 2 is 2.13 bits per heavy atom. The van der Waals surface area contributed by atoms with E-state index in [-0.39, 0.29) is 5.82 Å². The van der Waals surface area contributed by atoms with Crippen molar-refractivity contribution in [2.75, 3.05) is 13.1 Å². The summed E-state index contributed by atoms with van der Waals surface area (Å²) in [5, 5.41) is 4.13. The number of halogens is 1. The molecule has 1 aromatic rings. The largest absolute Gasteiger partial charge is 0.316 e. The van der Waals surface area contributed by atoms with Crippen molar-refractivity contribution in [3.63, 3.8) is 0 Å². The lowest BCUT2D eigenvalue weighted by molar-refractivity contribution is 0.531. The van der Waals surface area contributed by atoms with Crippen molar-refractivity contribution in [3.05, 3.63) is 35.6 Å². The number of nitrogens with one attached hydrogen (secondary N) is 1. The van der Waals surface area contributed by atoms with Gasteiger partial charge < -0.3 is 5.32 Å². The van der Waals surface area contributed by atoms with E-state index in [0.717, 1.165) is 24.1 Å². The summed E-state index contributed by atoms with van der Waals surface area (Å²) in [6.45, 7) is 2.28. The number of hydrogen-bond acceptors (Lipinski definition) is 2. The van der Waals surface area contributed by atoms with E-state index in [1.165, 1.54) is 30.5 Å². The fourth-order valence-corrected chi connectivity index (χ4v) is 2.95. The van der Waals surface area contributed by atoms with Crippen LogP contribution in [0.5, 0.6) is 0 Å². The Hall–Kier alpha value is -0.540. The van der Waals surface area contributed by atoms with Crippen LogP contribution in [0.15, 0.2) is 24.3 Å². The normalized spacial score (nSPS) is 21.5. The Morgan fingerprint density at radius 3 is 2.80 bits per heavy atom. The van der Waals surface area contributed by atoms with Crippen LogP contribution in [0.2, 0.25) is 0 Å². The smallest absolute Gasteiger partial charge is 0.123 e. The van der Waals surface area contributed by atoms with E-state index in [1.807, 2.05) is 23.9 Å². The molecule has 0 amide bonds. The van der Waals surface area contributed by atoms with Gasteiger partial charge in [0.1, 0.15) is 5.82 Å². The van der Waals surface area contributed by atoms with Crippen molar-refractivity contribution in [1.82, 2.24) is 5.32 Å². The van der Waals surface area contributed by atoms with Gasteiger partial charge in [0.05, 0.1) is 0 Å². The minimum atomic E-state index is -0.150. The molecule has 1 N–H and O–H groups in total. The summed E-state index contributed by atoms with van der Waals surface area (Å²) >= 11 is 1.97. The summed E-state index contributed by atoms with van der Waals surface area (Å²) < 4.78 is 12.7. The molecule has 0 radical (unpaired) electrons. The number of benzene rings is 1. The molecule has 1 aliphatic rings. The topological polar surface area (TPSA) is 12.0 Å². The highest BCUT2D eigenvalue weighted by Crippen LogP contribution is 2.22. The second-order valence-corrected chi connectivity index (χ2v) is 5.19. The molecular weight excluding hydrogens is 209 g/mol. The van der Waals surface area contributed by atoms with Crippen LogP contribution in [0.4, 0.5) is 4.39 Å². The van der Waals surface area contributed by atoms with Crippen LogP contribution < -0.4 is 5.32 Å². The zero-order chi connectivity index (χ0) is 10.5. The SMILES string of the molecule is Fc1ccc(CSC2CCCNC2)cc1. The molecule has 0 saturated carbocycles. The fourth-order valence-electron chi connectivity index (χ4n) is 1.76. The minimum absolute atomic E-state index is 0.150. The number of hydrogen-bond donors (Lipinski definition) is 1. The molecule has 15 heavy (non-hydrogen) atoms. The van der Waals surface area contributed by atoms with Crippen LogP contribution in [0.3, 0.4) is 0 Å². The van der Waals surface area contributed by atoms with Gasteiger partial charge in [0.15, 0.2) is 0 Å². The zero-order valence-electron chi connectivity index (χ0n) is 8.71. The summed E-state index contributed by atoms with van der Waals surface area (Å²) in [7, 11) is 0. The molecule has 82 valence electrons. The Morgan fingerprint density at radius 1 is 1.33 bits per heavy atom. The molecule has 0 aromatic heterocycles. The van der Waals surface area contributed by atoms with Gasteiger partial charge in [-0.1, -0.05) is 12.1 Å². The van der Waals surface area contributed by atoms with E-state index >= 15 is 0 Å². The van der Waals surface area contributed by atoms with Gasteiger partial charge in [-0.3, -0.25) is 0 Å². The molecule has 2 rings (SSSR count). The lowest BCUT2D eigenvalue weighted by atomic mass is 10.2. The second kappa shape index (κ2) is 5.52. The average Bonchev–Trinajstić information content (AvgIpc) is 2.30. The van der Waals surface area contributed by atoms with Crippen molar-refractivity contribution in [2.45, 2.75) is 23.8 Å². The molecule has 1 heterocycles. The van der Waals surface area contributed by atoms with Gasteiger partial charge in [-0.25, -0.2) is 4.39 Å². The van der Waals surface area contributed by atoms with Crippen LogP contribution in [-0.2, 0) is 5.75 Å². The van der Waals surface area contributed by atoms with Crippen LogP contribution in [0.25, 0.3) is 0 Å². The third kappa shape index (κ3) is 3.50. The molecule has 3 heteroatoms. The third-order valence-corrected chi connectivity index (χ3v) is 4.02. The van der Waals surface area contributed by atoms with Gasteiger partial charge in [0.2, 0.25) is 0 Å². The first kappa shape index (κ1) is 11.0. The zero-order valence-corrected chi connectivity index (χ0v) is 9.52. The number of piperidine rings is 1.